The predicted molar refractivity (Wildman–Crippen MR) is 87.7 cm³/mol. The van der Waals surface area contributed by atoms with Crippen LogP contribution in [0.5, 0.6) is 0 Å². The molecule has 2 N–H and O–H groups in total. The first kappa shape index (κ1) is 16.0. The van der Waals surface area contributed by atoms with Crippen molar-refractivity contribution in [1.82, 2.24) is 19.3 Å². The second-order valence-corrected chi connectivity index (χ2v) is 6.50. The van der Waals surface area contributed by atoms with Gasteiger partial charge in [-0.3, -0.25) is 4.57 Å². The molecule has 1 aliphatic carbocycles. The van der Waals surface area contributed by atoms with E-state index in [1.807, 2.05) is 6.07 Å². The number of halogens is 1. The lowest BCUT2D eigenvalue weighted by Crippen LogP contribution is -2.22. The fourth-order valence-electron chi connectivity index (χ4n) is 3.18. The van der Waals surface area contributed by atoms with Gasteiger partial charge in [0.2, 0.25) is 0 Å². The van der Waals surface area contributed by atoms with Gasteiger partial charge in [-0.15, -0.1) is 0 Å². The maximum atomic E-state index is 11.8. The van der Waals surface area contributed by atoms with Crippen LogP contribution < -0.4 is 11.0 Å². The molecule has 2 aromatic rings. The molecular weight excluding hydrogens is 318 g/mol. The quantitative estimate of drug-likeness (QED) is 0.873. The van der Waals surface area contributed by atoms with Crippen molar-refractivity contribution in [3.63, 3.8) is 0 Å². The van der Waals surface area contributed by atoms with Gasteiger partial charge in [-0.2, -0.15) is 5.10 Å². The average Bonchev–Trinajstić information content (AvgIpc) is 3.02. The van der Waals surface area contributed by atoms with Crippen LogP contribution in [0, 0.1) is 5.92 Å². The summed E-state index contributed by atoms with van der Waals surface area (Å²) in [6.07, 6.45) is 2.56. The highest BCUT2D eigenvalue weighted by Crippen LogP contribution is 2.37. The van der Waals surface area contributed by atoms with E-state index in [0.717, 1.165) is 18.1 Å². The van der Waals surface area contributed by atoms with Crippen molar-refractivity contribution < 1.29 is 5.11 Å². The minimum atomic E-state index is -0.420. The van der Waals surface area contributed by atoms with Gasteiger partial charge < -0.3 is 10.4 Å². The highest BCUT2D eigenvalue weighted by Gasteiger charge is 2.36. The van der Waals surface area contributed by atoms with Crippen molar-refractivity contribution >= 4 is 17.4 Å². The van der Waals surface area contributed by atoms with Gasteiger partial charge in [-0.1, -0.05) is 11.6 Å². The Hall–Kier alpha value is -1.86. The SMILES string of the molecule is Cn1nc([C@H]2C[C@H](CNc3ccc(Cl)cn3)[C@H](O)C2)n(C)c1=O. The third-order valence-corrected chi connectivity index (χ3v) is 4.68. The molecule has 7 nitrogen and oxygen atoms in total. The average molecular weight is 338 g/mol. The minimum absolute atomic E-state index is 0.0916. The topological polar surface area (TPSA) is 85.0 Å². The molecule has 0 radical (unpaired) electrons. The first-order valence-corrected chi connectivity index (χ1v) is 7.97. The van der Waals surface area contributed by atoms with Crippen LogP contribution in [-0.2, 0) is 14.1 Å². The first-order chi connectivity index (χ1) is 11.0. The van der Waals surface area contributed by atoms with Crippen LogP contribution in [0.2, 0.25) is 5.02 Å². The van der Waals surface area contributed by atoms with Crippen molar-refractivity contribution in [2.75, 3.05) is 11.9 Å². The van der Waals surface area contributed by atoms with E-state index in [1.54, 1.807) is 30.9 Å². The summed E-state index contributed by atoms with van der Waals surface area (Å²) in [5, 5.41) is 18.4. The zero-order valence-corrected chi connectivity index (χ0v) is 13.9. The van der Waals surface area contributed by atoms with Gasteiger partial charge in [0.05, 0.1) is 11.1 Å². The summed E-state index contributed by atoms with van der Waals surface area (Å²) in [4.78, 5) is 16.0. The van der Waals surface area contributed by atoms with E-state index in [1.165, 1.54) is 4.68 Å². The summed E-state index contributed by atoms with van der Waals surface area (Å²) in [7, 11) is 3.36. The predicted octanol–water partition coefficient (Wildman–Crippen LogP) is 1.13. The molecule has 2 heterocycles. The summed E-state index contributed by atoms with van der Waals surface area (Å²) in [5.74, 6) is 1.66. The van der Waals surface area contributed by atoms with Crippen LogP contribution in [0.1, 0.15) is 24.6 Å². The molecule has 1 saturated carbocycles. The highest BCUT2D eigenvalue weighted by atomic mass is 35.5. The molecule has 124 valence electrons. The molecule has 8 heteroatoms. The number of aliphatic hydroxyl groups excluding tert-OH is 1. The number of pyridine rings is 1. The summed E-state index contributed by atoms with van der Waals surface area (Å²) < 4.78 is 2.90. The minimum Gasteiger partial charge on any atom is -0.393 e. The zero-order valence-electron chi connectivity index (χ0n) is 13.1. The highest BCUT2D eigenvalue weighted by molar-refractivity contribution is 6.30. The lowest BCUT2D eigenvalue weighted by Gasteiger charge is -2.15. The van der Waals surface area contributed by atoms with Gasteiger partial charge in [0.1, 0.15) is 11.6 Å². The summed E-state index contributed by atoms with van der Waals surface area (Å²) in [6.45, 7) is 0.618. The van der Waals surface area contributed by atoms with E-state index in [0.29, 0.717) is 18.0 Å². The smallest absolute Gasteiger partial charge is 0.345 e. The first-order valence-electron chi connectivity index (χ1n) is 7.59. The van der Waals surface area contributed by atoms with Crippen LogP contribution in [0.25, 0.3) is 0 Å². The fraction of sp³-hybridized carbons (Fsp3) is 0.533. The summed E-state index contributed by atoms with van der Waals surface area (Å²) in [5.41, 5.74) is -0.138. The lowest BCUT2D eigenvalue weighted by molar-refractivity contribution is 0.137. The lowest BCUT2D eigenvalue weighted by atomic mass is 10.0. The number of hydrogen-bond donors (Lipinski definition) is 2. The summed E-state index contributed by atoms with van der Waals surface area (Å²) >= 11 is 5.81. The van der Waals surface area contributed by atoms with Crippen LogP contribution in [0.3, 0.4) is 0 Å². The van der Waals surface area contributed by atoms with E-state index in [-0.39, 0.29) is 17.5 Å². The van der Waals surface area contributed by atoms with Crippen LogP contribution in [0.4, 0.5) is 5.82 Å². The molecule has 3 atom stereocenters. The van der Waals surface area contributed by atoms with Crippen molar-refractivity contribution in [2.24, 2.45) is 20.0 Å². The Morgan fingerprint density at radius 1 is 1.39 bits per heavy atom. The third kappa shape index (κ3) is 3.25. The Kier molecular flexibility index (Phi) is 4.41. The molecule has 0 amide bonds. The Labute approximate surface area is 138 Å². The van der Waals surface area contributed by atoms with Gasteiger partial charge >= 0.3 is 5.69 Å². The maximum Gasteiger partial charge on any atom is 0.345 e. The number of aryl methyl sites for hydroxylation is 1. The molecule has 0 aromatic carbocycles. The number of anilines is 1. The summed E-state index contributed by atoms with van der Waals surface area (Å²) in [6, 6.07) is 3.58. The molecule has 1 fully saturated rings. The molecule has 1 aliphatic rings. The van der Waals surface area contributed by atoms with Crippen LogP contribution >= 0.6 is 11.6 Å². The zero-order chi connectivity index (χ0) is 16.6. The van der Waals surface area contributed by atoms with Gasteiger partial charge in [-0.25, -0.2) is 14.5 Å². The van der Waals surface area contributed by atoms with E-state index < -0.39 is 6.10 Å². The maximum absolute atomic E-state index is 11.8. The molecule has 0 unspecified atom stereocenters. The third-order valence-electron chi connectivity index (χ3n) is 4.46. The van der Waals surface area contributed by atoms with E-state index in [2.05, 4.69) is 15.4 Å². The van der Waals surface area contributed by atoms with Crippen LogP contribution in [0.15, 0.2) is 23.1 Å². The number of rotatable bonds is 4. The van der Waals surface area contributed by atoms with Gasteiger partial charge in [0, 0.05) is 38.7 Å². The van der Waals surface area contributed by atoms with Crippen molar-refractivity contribution in [3.8, 4) is 0 Å². The Bertz CT molecular complexity index is 739. The van der Waals surface area contributed by atoms with Crippen molar-refractivity contribution in [3.05, 3.63) is 39.7 Å². The Morgan fingerprint density at radius 3 is 2.78 bits per heavy atom. The molecule has 2 aromatic heterocycles. The largest absolute Gasteiger partial charge is 0.393 e. The van der Waals surface area contributed by atoms with E-state index in [4.69, 9.17) is 11.6 Å². The molecule has 0 bridgehead atoms. The molecular formula is C15H20ClN5O2. The molecule has 0 spiro atoms. The molecule has 23 heavy (non-hydrogen) atoms. The van der Waals surface area contributed by atoms with Crippen molar-refractivity contribution in [2.45, 2.75) is 24.9 Å². The Morgan fingerprint density at radius 2 is 2.17 bits per heavy atom. The fourth-order valence-corrected chi connectivity index (χ4v) is 3.29. The standard InChI is InChI=1S/C15H20ClN5O2/c1-20-14(19-21(2)15(20)23)9-5-10(12(22)6-9)7-17-13-4-3-11(16)8-18-13/h3-4,8-10,12,22H,5-7H2,1-2H3,(H,17,18)/t9-,10+,12+/m0/s1. The molecule has 0 aliphatic heterocycles. The van der Waals surface area contributed by atoms with E-state index in [9.17, 15) is 9.90 Å². The van der Waals surface area contributed by atoms with Gasteiger partial charge in [-0.05, 0) is 25.0 Å². The molecule has 3 rings (SSSR count). The number of hydrogen-bond acceptors (Lipinski definition) is 5. The normalized spacial score (nSPS) is 24.1. The van der Waals surface area contributed by atoms with E-state index >= 15 is 0 Å². The number of aromatic nitrogens is 4. The Balaban J connectivity index is 1.65. The monoisotopic (exact) mass is 337 g/mol. The van der Waals surface area contributed by atoms with Gasteiger partial charge in [0.15, 0.2) is 0 Å². The number of nitrogens with one attached hydrogen (secondary N) is 1. The number of nitrogens with zero attached hydrogens (tertiary/aromatic N) is 4. The second kappa shape index (κ2) is 6.33. The number of aliphatic hydroxyl groups is 1. The van der Waals surface area contributed by atoms with Crippen LogP contribution in [-0.4, -0.2) is 37.1 Å². The van der Waals surface area contributed by atoms with Crippen molar-refractivity contribution in [1.29, 1.82) is 0 Å². The molecule has 0 saturated heterocycles. The van der Waals surface area contributed by atoms with Gasteiger partial charge in [0.25, 0.3) is 0 Å². The second-order valence-electron chi connectivity index (χ2n) is 6.06.